The topological polar surface area (TPSA) is 76.4 Å². The van der Waals surface area contributed by atoms with Crippen LogP contribution in [0.3, 0.4) is 0 Å². The maximum atomic E-state index is 12.2. The number of nitrogens with one attached hydrogen (secondary N) is 1. The average Bonchev–Trinajstić information content (AvgIpc) is 3.02. The first-order chi connectivity index (χ1) is 12.5. The van der Waals surface area contributed by atoms with Gasteiger partial charge in [0.05, 0.1) is 11.4 Å². The summed E-state index contributed by atoms with van der Waals surface area (Å²) >= 11 is 2.86. The Labute approximate surface area is 159 Å². The number of carbonyl (C=O) groups excluding carboxylic acids is 1. The van der Waals surface area contributed by atoms with Gasteiger partial charge in [-0.3, -0.25) is 9.59 Å². The molecule has 0 saturated carbocycles. The quantitative estimate of drug-likeness (QED) is 0.702. The van der Waals surface area contributed by atoms with Gasteiger partial charge in [-0.15, -0.1) is 11.8 Å². The molecule has 2 heterocycles. The molecule has 3 rings (SSSR count). The van der Waals surface area contributed by atoms with E-state index in [2.05, 4.69) is 15.4 Å². The van der Waals surface area contributed by atoms with E-state index in [4.69, 9.17) is 0 Å². The van der Waals surface area contributed by atoms with Crippen LogP contribution in [-0.4, -0.2) is 26.3 Å². The summed E-state index contributed by atoms with van der Waals surface area (Å²) in [7, 11) is 0. The number of benzene rings is 1. The van der Waals surface area contributed by atoms with Crippen LogP contribution in [-0.2, 0) is 17.0 Å². The molecule has 1 N–H and O–H groups in total. The van der Waals surface area contributed by atoms with Crippen LogP contribution in [0, 0.1) is 13.8 Å². The van der Waals surface area contributed by atoms with E-state index < -0.39 is 0 Å². The maximum absolute atomic E-state index is 12.2. The molecule has 0 spiro atoms. The number of anilines is 1. The normalized spacial score (nSPS) is 11.0. The highest BCUT2D eigenvalue weighted by molar-refractivity contribution is 7.99. The largest absolute Gasteiger partial charge is 0.325 e. The summed E-state index contributed by atoms with van der Waals surface area (Å²) in [5, 5.41) is 8.05. The smallest absolute Gasteiger partial charge is 0.275 e. The molecule has 0 radical (unpaired) electrons. The number of fused-ring (bicyclic) bond motifs is 1. The lowest BCUT2D eigenvalue weighted by atomic mass is 10.1. The molecule has 0 unspecified atom stereocenters. The number of rotatable bonds is 6. The fraction of sp³-hybridized carbons (Fsp3) is 0.333. The van der Waals surface area contributed by atoms with Crippen LogP contribution in [0.5, 0.6) is 0 Å². The Bertz CT molecular complexity index is 1010. The molecule has 8 heteroatoms. The Morgan fingerprint density at radius 3 is 2.88 bits per heavy atom. The summed E-state index contributed by atoms with van der Waals surface area (Å²) in [5.74, 6) is 0.746. The first kappa shape index (κ1) is 18.6. The molecular formula is C18H20N4O2S2. The number of thioether (sulfide) groups is 1. The molecule has 3 aromatic rings. The van der Waals surface area contributed by atoms with Crippen molar-refractivity contribution in [3.05, 3.63) is 56.4 Å². The first-order valence-corrected chi connectivity index (χ1v) is 10.3. The molecule has 6 nitrogen and oxygen atoms in total. The fourth-order valence-electron chi connectivity index (χ4n) is 2.42. The van der Waals surface area contributed by atoms with Crippen molar-refractivity contribution in [3.8, 4) is 0 Å². The second-order valence-corrected chi connectivity index (χ2v) is 8.01. The van der Waals surface area contributed by atoms with Crippen molar-refractivity contribution in [1.29, 1.82) is 0 Å². The van der Waals surface area contributed by atoms with Gasteiger partial charge in [0.2, 0.25) is 10.9 Å². The summed E-state index contributed by atoms with van der Waals surface area (Å²) in [6, 6.07) is 7.46. The summed E-state index contributed by atoms with van der Waals surface area (Å²) in [5.41, 5.74) is 3.47. The van der Waals surface area contributed by atoms with Gasteiger partial charge in [-0.05, 0) is 37.5 Å². The van der Waals surface area contributed by atoms with Crippen molar-refractivity contribution in [2.75, 3.05) is 11.1 Å². The second-order valence-electron chi connectivity index (χ2n) is 5.99. The van der Waals surface area contributed by atoms with E-state index >= 15 is 0 Å². The Morgan fingerprint density at radius 1 is 1.31 bits per heavy atom. The molecule has 0 aliphatic carbocycles. The number of amides is 1. The third kappa shape index (κ3) is 4.31. The first-order valence-electron chi connectivity index (χ1n) is 8.30. The van der Waals surface area contributed by atoms with Crippen molar-refractivity contribution in [3.63, 3.8) is 0 Å². The fourth-order valence-corrected chi connectivity index (χ4v) is 3.99. The molecule has 136 valence electrons. The van der Waals surface area contributed by atoms with E-state index in [0.717, 1.165) is 28.2 Å². The number of hydrogen-bond acceptors (Lipinski definition) is 6. The van der Waals surface area contributed by atoms with Gasteiger partial charge in [0.1, 0.15) is 5.01 Å². The molecule has 26 heavy (non-hydrogen) atoms. The summed E-state index contributed by atoms with van der Waals surface area (Å²) in [4.78, 5) is 29.4. The highest BCUT2D eigenvalue weighted by Crippen LogP contribution is 2.18. The minimum absolute atomic E-state index is 0.0624. The van der Waals surface area contributed by atoms with Gasteiger partial charge in [0, 0.05) is 17.5 Å². The van der Waals surface area contributed by atoms with E-state index in [0.29, 0.717) is 22.2 Å². The Kier molecular flexibility index (Phi) is 5.73. The van der Waals surface area contributed by atoms with Gasteiger partial charge in [0.25, 0.3) is 5.56 Å². The summed E-state index contributed by atoms with van der Waals surface area (Å²) in [6.45, 7) is 5.95. The zero-order valence-electron chi connectivity index (χ0n) is 14.9. The number of hydrogen-bond donors (Lipinski definition) is 1. The molecule has 2 aromatic heterocycles. The third-order valence-electron chi connectivity index (χ3n) is 3.79. The standard InChI is InChI=1S/C18H20N4O2S2/c1-4-16-21-22-17(24)8-13(19-18(22)26-16)9-25-10-15(23)20-14-7-11(2)5-6-12(14)3/h5-8H,4,9-10H2,1-3H3,(H,20,23). The molecule has 0 bridgehead atoms. The Hall–Kier alpha value is -2.19. The zero-order valence-corrected chi connectivity index (χ0v) is 16.5. The lowest BCUT2D eigenvalue weighted by Crippen LogP contribution is -2.16. The molecular weight excluding hydrogens is 368 g/mol. The van der Waals surface area contributed by atoms with E-state index in [1.807, 2.05) is 39.0 Å². The van der Waals surface area contributed by atoms with Crippen molar-refractivity contribution in [2.45, 2.75) is 32.9 Å². The van der Waals surface area contributed by atoms with Gasteiger partial charge in [-0.25, -0.2) is 4.98 Å². The minimum atomic E-state index is -0.179. The molecule has 1 amide bonds. The van der Waals surface area contributed by atoms with E-state index in [9.17, 15) is 9.59 Å². The molecule has 0 aliphatic heterocycles. The third-order valence-corrected chi connectivity index (χ3v) is 5.81. The number of carbonyl (C=O) groups is 1. The van der Waals surface area contributed by atoms with Crippen LogP contribution in [0.4, 0.5) is 5.69 Å². The molecule has 0 atom stereocenters. The average molecular weight is 389 g/mol. The van der Waals surface area contributed by atoms with Gasteiger partial charge in [-0.1, -0.05) is 30.4 Å². The number of nitrogens with zero attached hydrogens (tertiary/aromatic N) is 3. The maximum Gasteiger partial charge on any atom is 0.275 e. The van der Waals surface area contributed by atoms with Gasteiger partial charge in [-0.2, -0.15) is 9.61 Å². The van der Waals surface area contributed by atoms with Crippen molar-refractivity contribution in [1.82, 2.24) is 14.6 Å². The van der Waals surface area contributed by atoms with E-state index in [1.165, 1.54) is 33.7 Å². The number of aryl methyl sites for hydroxylation is 3. The Balaban J connectivity index is 1.60. The van der Waals surface area contributed by atoms with E-state index in [1.54, 1.807) is 0 Å². The van der Waals surface area contributed by atoms with Crippen molar-refractivity contribution in [2.24, 2.45) is 0 Å². The van der Waals surface area contributed by atoms with Crippen LogP contribution in [0.15, 0.2) is 29.1 Å². The monoisotopic (exact) mass is 388 g/mol. The molecule has 0 saturated heterocycles. The predicted molar refractivity (Wildman–Crippen MR) is 107 cm³/mol. The lowest BCUT2D eigenvalue weighted by Gasteiger charge is -2.09. The van der Waals surface area contributed by atoms with Gasteiger partial charge in [0.15, 0.2) is 0 Å². The predicted octanol–water partition coefficient (Wildman–Crippen LogP) is 3.20. The number of aromatic nitrogens is 3. The molecule has 1 aromatic carbocycles. The second kappa shape index (κ2) is 8.01. The minimum Gasteiger partial charge on any atom is -0.325 e. The molecule has 0 aliphatic rings. The SMILES string of the molecule is CCc1nn2c(=O)cc(CSCC(=O)Nc3cc(C)ccc3C)nc2s1. The highest BCUT2D eigenvalue weighted by Gasteiger charge is 2.10. The van der Waals surface area contributed by atoms with Crippen molar-refractivity contribution < 1.29 is 4.79 Å². The van der Waals surface area contributed by atoms with Gasteiger partial charge < -0.3 is 5.32 Å². The summed E-state index contributed by atoms with van der Waals surface area (Å²) in [6.07, 6.45) is 0.774. The van der Waals surface area contributed by atoms with Gasteiger partial charge >= 0.3 is 0 Å². The Morgan fingerprint density at radius 2 is 2.12 bits per heavy atom. The van der Waals surface area contributed by atoms with Crippen molar-refractivity contribution >= 4 is 39.7 Å². The van der Waals surface area contributed by atoms with Crippen LogP contribution in [0.1, 0.15) is 28.8 Å². The summed E-state index contributed by atoms with van der Waals surface area (Å²) < 4.78 is 1.34. The molecule has 0 fully saturated rings. The lowest BCUT2D eigenvalue weighted by molar-refractivity contribution is -0.113. The van der Waals surface area contributed by atoms with E-state index in [-0.39, 0.29) is 11.5 Å². The highest BCUT2D eigenvalue weighted by atomic mass is 32.2. The van der Waals surface area contributed by atoms with Crippen LogP contribution in [0.25, 0.3) is 4.96 Å². The zero-order chi connectivity index (χ0) is 18.7. The van der Waals surface area contributed by atoms with Crippen LogP contribution < -0.4 is 10.9 Å². The van der Waals surface area contributed by atoms with Crippen LogP contribution >= 0.6 is 23.1 Å². The van der Waals surface area contributed by atoms with Crippen LogP contribution in [0.2, 0.25) is 0 Å².